The van der Waals surface area contributed by atoms with Crippen molar-refractivity contribution in [2.75, 3.05) is 33.4 Å². The van der Waals surface area contributed by atoms with Crippen molar-refractivity contribution in [3.63, 3.8) is 0 Å². The lowest BCUT2D eigenvalue weighted by molar-refractivity contribution is 0.0342. The molecule has 0 radical (unpaired) electrons. The van der Waals surface area contributed by atoms with E-state index < -0.39 is 9.84 Å². The minimum absolute atomic E-state index is 0.141. The van der Waals surface area contributed by atoms with Crippen molar-refractivity contribution in [3.05, 3.63) is 59.3 Å². The zero-order valence-corrected chi connectivity index (χ0v) is 18.5. The number of morpholine rings is 1. The molecule has 0 unspecified atom stereocenters. The third kappa shape index (κ3) is 3.62. The van der Waals surface area contributed by atoms with Crippen molar-refractivity contribution in [2.45, 2.75) is 17.2 Å². The van der Waals surface area contributed by atoms with Gasteiger partial charge in [-0.1, -0.05) is 12.1 Å². The maximum Gasteiger partial charge on any atom is 0.183 e. The number of benzene rings is 2. The van der Waals surface area contributed by atoms with Crippen molar-refractivity contribution in [2.24, 2.45) is 0 Å². The molecule has 2 aromatic carbocycles. The van der Waals surface area contributed by atoms with E-state index in [0.717, 1.165) is 38.5 Å². The van der Waals surface area contributed by atoms with Crippen LogP contribution < -0.4 is 4.74 Å². The van der Waals surface area contributed by atoms with Gasteiger partial charge < -0.3 is 9.47 Å². The summed E-state index contributed by atoms with van der Waals surface area (Å²) in [6.45, 7) is 4.15. The van der Waals surface area contributed by atoms with Gasteiger partial charge in [-0.15, -0.1) is 0 Å². The molecule has 5 rings (SSSR count). The Bertz CT molecular complexity index is 1280. The van der Waals surface area contributed by atoms with Gasteiger partial charge in [-0.3, -0.25) is 9.69 Å². The smallest absolute Gasteiger partial charge is 0.183 e. The summed E-state index contributed by atoms with van der Waals surface area (Å²) < 4.78 is 38.2. The van der Waals surface area contributed by atoms with Crippen LogP contribution in [0, 0.1) is 0 Å². The highest BCUT2D eigenvalue weighted by Gasteiger charge is 2.34. The summed E-state index contributed by atoms with van der Waals surface area (Å²) in [5.74, 6) is 0.191. The fraction of sp³-hybridized carbons (Fsp3) is 0.304. The fourth-order valence-electron chi connectivity index (χ4n) is 4.28. The Morgan fingerprint density at radius 3 is 2.56 bits per heavy atom. The number of rotatable bonds is 5. The summed E-state index contributed by atoms with van der Waals surface area (Å²) in [4.78, 5) is 14.2. The van der Waals surface area contributed by atoms with Gasteiger partial charge in [0.25, 0.3) is 0 Å². The van der Waals surface area contributed by atoms with Crippen LogP contribution in [0.4, 0.5) is 0 Å². The van der Waals surface area contributed by atoms with Gasteiger partial charge in [0.2, 0.25) is 0 Å². The molecule has 3 heterocycles. The van der Waals surface area contributed by atoms with Gasteiger partial charge >= 0.3 is 0 Å². The van der Waals surface area contributed by atoms with Gasteiger partial charge in [0.1, 0.15) is 11.4 Å². The number of fused-ring (bicyclic) bond motifs is 3. The normalized spacial score (nSPS) is 17.4. The van der Waals surface area contributed by atoms with Gasteiger partial charge in [-0.05, 0) is 35.9 Å². The molecule has 0 spiro atoms. The molecular formula is C23H23N3O5S. The summed E-state index contributed by atoms with van der Waals surface area (Å²) in [6, 6.07) is 12.9. The Hall–Kier alpha value is -3.01. The van der Waals surface area contributed by atoms with Crippen LogP contribution >= 0.6 is 0 Å². The zero-order chi connectivity index (χ0) is 22.3. The lowest BCUT2D eigenvalue weighted by Gasteiger charge is -2.26. The molecular weight excluding hydrogens is 430 g/mol. The number of carbonyl (C=O) groups is 1. The second kappa shape index (κ2) is 8.16. The van der Waals surface area contributed by atoms with E-state index in [9.17, 15) is 13.2 Å². The highest BCUT2D eigenvalue weighted by atomic mass is 32.2. The number of aromatic nitrogens is 2. The molecule has 0 atom stereocenters. The Morgan fingerprint density at radius 2 is 1.88 bits per heavy atom. The van der Waals surface area contributed by atoms with E-state index in [1.54, 1.807) is 16.8 Å². The number of hydrogen-bond donors (Lipinski definition) is 0. The van der Waals surface area contributed by atoms with E-state index in [1.165, 1.54) is 18.7 Å². The van der Waals surface area contributed by atoms with E-state index in [0.29, 0.717) is 28.9 Å². The van der Waals surface area contributed by atoms with E-state index in [4.69, 9.17) is 9.47 Å². The SMILES string of the molecule is COc1ccc2c(c1)S(=O)(=O)Cc1c(C=O)nn(-c3ccc(CN4CCOCC4)cc3)c1-2. The first kappa shape index (κ1) is 20.9. The van der Waals surface area contributed by atoms with E-state index in [2.05, 4.69) is 10.00 Å². The summed E-state index contributed by atoms with van der Waals surface area (Å²) >= 11 is 0. The molecule has 32 heavy (non-hydrogen) atoms. The second-order valence-corrected chi connectivity index (χ2v) is 9.88. The largest absolute Gasteiger partial charge is 0.497 e. The van der Waals surface area contributed by atoms with Crippen molar-refractivity contribution in [1.29, 1.82) is 0 Å². The van der Waals surface area contributed by atoms with Crippen molar-refractivity contribution < 1.29 is 22.7 Å². The molecule has 0 amide bonds. The van der Waals surface area contributed by atoms with Crippen molar-refractivity contribution in [1.82, 2.24) is 14.7 Å². The zero-order valence-electron chi connectivity index (χ0n) is 17.7. The number of carbonyl (C=O) groups excluding carboxylic acids is 1. The van der Waals surface area contributed by atoms with Crippen LogP contribution in [0.2, 0.25) is 0 Å². The molecule has 2 aliphatic rings. The van der Waals surface area contributed by atoms with E-state index >= 15 is 0 Å². The highest BCUT2D eigenvalue weighted by Crippen LogP contribution is 2.41. The lowest BCUT2D eigenvalue weighted by atomic mass is 10.1. The summed E-state index contributed by atoms with van der Waals surface area (Å²) in [5, 5.41) is 4.46. The van der Waals surface area contributed by atoms with Gasteiger partial charge in [0, 0.05) is 30.8 Å². The monoisotopic (exact) mass is 453 g/mol. The molecule has 9 heteroatoms. The second-order valence-electron chi connectivity index (χ2n) is 7.92. The molecule has 0 saturated carbocycles. The Labute approximate surface area is 186 Å². The number of aldehydes is 1. The number of ether oxygens (including phenoxy) is 2. The number of hydrogen-bond acceptors (Lipinski definition) is 7. The van der Waals surface area contributed by atoms with Crippen LogP contribution in [0.15, 0.2) is 47.4 Å². The van der Waals surface area contributed by atoms with Crippen molar-refractivity contribution in [3.8, 4) is 22.7 Å². The minimum Gasteiger partial charge on any atom is -0.497 e. The van der Waals surface area contributed by atoms with Crippen LogP contribution in [-0.2, 0) is 26.9 Å². The van der Waals surface area contributed by atoms with E-state index in [1.807, 2.05) is 24.3 Å². The molecule has 2 aliphatic heterocycles. The standard InChI is InChI=1S/C23H23N3O5S/c1-30-18-6-7-19-22(12-18)32(28,29)15-20-21(14-27)24-26(23(19)20)17-4-2-16(3-5-17)13-25-8-10-31-11-9-25/h2-7,12,14H,8-11,13,15H2,1H3. The topological polar surface area (TPSA) is 90.7 Å². The predicted octanol–water partition coefficient (Wildman–Crippen LogP) is 2.48. The molecule has 1 fully saturated rings. The Kier molecular flexibility index (Phi) is 5.32. The third-order valence-electron chi connectivity index (χ3n) is 5.93. The molecule has 1 aromatic heterocycles. The molecule has 166 valence electrons. The maximum absolute atomic E-state index is 12.9. The molecule has 1 saturated heterocycles. The van der Waals surface area contributed by atoms with Crippen LogP contribution in [0.3, 0.4) is 0 Å². The summed E-state index contributed by atoms with van der Waals surface area (Å²) in [7, 11) is -2.12. The maximum atomic E-state index is 12.9. The van der Waals surface area contributed by atoms with Gasteiger partial charge in [0.15, 0.2) is 16.1 Å². The van der Waals surface area contributed by atoms with Gasteiger partial charge in [0.05, 0.1) is 42.4 Å². The third-order valence-corrected chi connectivity index (χ3v) is 7.61. The Morgan fingerprint density at radius 1 is 1.12 bits per heavy atom. The lowest BCUT2D eigenvalue weighted by Crippen LogP contribution is -2.35. The van der Waals surface area contributed by atoms with Crippen LogP contribution in [0.25, 0.3) is 16.9 Å². The average molecular weight is 454 g/mol. The summed E-state index contributed by atoms with van der Waals surface area (Å²) in [6.07, 6.45) is 0.617. The molecule has 8 nitrogen and oxygen atoms in total. The number of methoxy groups -OCH3 is 1. The van der Waals surface area contributed by atoms with Gasteiger partial charge in [-0.25, -0.2) is 13.1 Å². The molecule has 0 aliphatic carbocycles. The average Bonchev–Trinajstić information content (AvgIpc) is 3.17. The van der Waals surface area contributed by atoms with Crippen LogP contribution in [0.5, 0.6) is 5.75 Å². The molecule has 0 bridgehead atoms. The highest BCUT2D eigenvalue weighted by molar-refractivity contribution is 7.90. The number of sulfone groups is 1. The number of nitrogens with zero attached hydrogens (tertiary/aromatic N) is 3. The first-order chi connectivity index (χ1) is 15.5. The molecule has 0 N–H and O–H groups in total. The quantitative estimate of drug-likeness (QED) is 0.548. The van der Waals surface area contributed by atoms with Crippen LogP contribution in [-0.4, -0.2) is 62.8 Å². The first-order valence-corrected chi connectivity index (χ1v) is 12.0. The minimum atomic E-state index is -3.62. The van der Waals surface area contributed by atoms with Gasteiger partial charge in [-0.2, -0.15) is 5.10 Å². The van der Waals surface area contributed by atoms with E-state index in [-0.39, 0.29) is 16.3 Å². The fourth-order valence-corrected chi connectivity index (χ4v) is 5.89. The van der Waals surface area contributed by atoms with Crippen LogP contribution in [0.1, 0.15) is 21.6 Å². The summed E-state index contributed by atoms with van der Waals surface area (Å²) in [5.41, 5.74) is 3.64. The Balaban J connectivity index is 1.57. The molecule has 3 aromatic rings. The first-order valence-electron chi connectivity index (χ1n) is 10.4. The predicted molar refractivity (Wildman–Crippen MR) is 118 cm³/mol. The van der Waals surface area contributed by atoms with Crippen molar-refractivity contribution >= 4 is 16.1 Å².